The summed E-state index contributed by atoms with van der Waals surface area (Å²) in [5.41, 5.74) is 2.90. The van der Waals surface area contributed by atoms with Crippen LogP contribution in [0.4, 0.5) is 0 Å². The van der Waals surface area contributed by atoms with E-state index < -0.39 is 12.1 Å². The molecule has 1 atom stereocenters. The van der Waals surface area contributed by atoms with Crippen LogP contribution in [0.5, 0.6) is 0 Å². The number of fused-ring (bicyclic) bond motifs is 1. The van der Waals surface area contributed by atoms with Gasteiger partial charge in [-0.15, -0.1) is 11.8 Å². The van der Waals surface area contributed by atoms with Crippen LogP contribution in [0.1, 0.15) is 28.4 Å². The molecular weight excluding hydrogens is 334 g/mol. The van der Waals surface area contributed by atoms with Crippen molar-refractivity contribution in [3.8, 4) is 0 Å². The maximum Gasteiger partial charge on any atom is 0.338 e. The van der Waals surface area contributed by atoms with E-state index in [9.17, 15) is 9.59 Å². The van der Waals surface area contributed by atoms with Gasteiger partial charge in [0.1, 0.15) is 0 Å². The molecule has 0 aromatic heterocycles. The van der Waals surface area contributed by atoms with E-state index in [-0.39, 0.29) is 5.91 Å². The minimum Gasteiger partial charge on any atom is -0.449 e. The molecule has 3 rings (SSSR count). The van der Waals surface area contributed by atoms with Gasteiger partial charge < -0.3 is 9.64 Å². The average molecular weight is 355 g/mol. The fourth-order valence-electron chi connectivity index (χ4n) is 2.95. The Kier molecular flexibility index (Phi) is 5.43. The molecule has 25 heavy (non-hydrogen) atoms. The highest BCUT2D eigenvalue weighted by Gasteiger charge is 2.27. The minimum atomic E-state index is -0.794. The first-order valence-corrected chi connectivity index (χ1v) is 9.51. The van der Waals surface area contributed by atoms with Gasteiger partial charge >= 0.3 is 5.97 Å². The molecule has 2 aromatic rings. The fraction of sp³-hybridized carbons (Fsp3) is 0.300. The van der Waals surface area contributed by atoms with Crippen LogP contribution in [-0.4, -0.2) is 35.7 Å². The lowest BCUT2D eigenvalue weighted by Crippen LogP contribution is -2.42. The first-order chi connectivity index (χ1) is 12.1. The summed E-state index contributed by atoms with van der Waals surface area (Å²) in [7, 11) is 0. The summed E-state index contributed by atoms with van der Waals surface area (Å²) in [6.07, 6.45) is 2.02. The number of hydrogen-bond acceptors (Lipinski definition) is 4. The molecule has 5 heteroatoms. The minimum absolute atomic E-state index is 0.149. The largest absolute Gasteiger partial charge is 0.449 e. The zero-order valence-electron chi connectivity index (χ0n) is 14.4. The molecule has 1 amide bonds. The van der Waals surface area contributed by atoms with Crippen LogP contribution in [-0.2, 0) is 22.5 Å². The van der Waals surface area contributed by atoms with Gasteiger partial charge in [-0.3, -0.25) is 4.79 Å². The Morgan fingerprint density at radius 2 is 1.76 bits per heavy atom. The van der Waals surface area contributed by atoms with Crippen molar-refractivity contribution in [3.63, 3.8) is 0 Å². The highest BCUT2D eigenvalue weighted by Crippen LogP contribution is 2.20. The van der Waals surface area contributed by atoms with Gasteiger partial charge in [-0.25, -0.2) is 4.79 Å². The molecule has 0 bridgehead atoms. The topological polar surface area (TPSA) is 46.6 Å². The Hall–Kier alpha value is -2.27. The normalized spacial score (nSPS) is 14.6. The molecule has 0 radical (unpaired) electrons. The van der Waals surface area contributed by atoms with Crippen molar-refractivity contribution < 1.29 is 14.3 Å². The zero-order chi connectivity index (χ0) is 17.8. The smallest absolute Gasteiger partial charge is 0.338 e. The summed E-state index contributed by atoms with van der Waals surface area (Å²) >= 11 is 1.61. The van der Waals surface area contributed by atoms with Crippen LogP contribution in [0.3, 0.4) is 0 Å². The zero-order valence-corrected chi connectivity index (χ0v) is 15.2. The van der Waals surface area contributed by atoms with Crippen molar-refractivity contribution in [1.29, 1.82) is 0 Å². The standard InChI is InChI=1S/C20H21NO3S/c1-14(24-20(23)16-7-9-18(25-2)10-8-16)19(22)21-12-11-15-5-3-4-6-17(15)13-21/h3-10,14H,11-13H2,1-2H3/t14-/m1/s1. The molecule has 0 saturated carbocycles. The third-order valence-corrected chi connectivity index (χ3v) is 5.14. The van der Waals surface area contributed by atoms with Crippen molar-refractivity contribution >= 4 is 23.6 Å². The Bertz CT molecular complexity index is 773. The van der Waals surface area contributed by atoms with Crippen LogP contribution in [0, 0.1) is 0 Å². The van der Waals surface area contributed by atoms with E-state index in [1.165, 1.54) is 5.56 Å². The summed E-state index contributed by atoms with van der Waals surface area (Å²) in [6.45, 7) is 2.86. The Balaban J connectivity index is 1.61. The molecule has 1 aliphatic rings. The Morgan fingerprint density at radius 1 is 1.08 bits per heavy atom. The van der Waals surface area contributed by atoms with Gasteiger partial charge in [-0.05, 0) is 55.0 Å². The number of ether oxygens (including phenoxy) is 1. The third-order valence-electron chi connectivity index (χ3n) is 4.40. The van der Waals surface area contributed by atoms with E-state index in [0.29, 0.717) is 18.7 Å². The summed E-state index contributed by atoms with van der Waals surface area (Å²) in [6, 6.07) is 15.3. The second-order valence-electron chi connectivity index (χ2n) is 6.05. The van der Waals surface area contributed by atoms with E-state index in [4.69, 9.17) is 4.74 Å². The lowest BCUT2D eigenvalue weighted by molar-refractivity contribution is -0.140. The van der Waals surface area contributed by atoms with E-state index in [1.807, 2.05) is 36.6 Å². The summed E-state index contributed by atoms with van der Waals surface area (Å²) in [5, 5.41) is 0. The van der Waals surface area contributed by atoms with Gasteiger partial charge in [0.15, 0.2) is 6.10 Å². The molecule has 0 unspecified atom stereocenters. The van der Waals surface area contributed by atoms with Crippen molar-refractivity contribution in [2.24, 2.45) is 0 Å². The molecule has 0 spiro atoms. The molecule has 130 valence electrons. The SMILES string of the molecule is CSc1ccc(C(=O)O[C@H](C)C(=O)N2CCc3ccccc3C2)cc1. The van der Waals surface area contributed by atoms with Crippen molar-refractivity contribution in [2.75, 3.05) is 12.8 Å². The van der Waals surface area contributed by atoms with E-state index in [1.54, 1.807) is 35.7 Å². The number of rotatable bonds is 4. The van der Waals surface area contributed by atoms with Crippen LogP contribution in [0.25, 0.3) is 0 Å². The predicted molar refractivity (Wildman–Crippen MR) is 98.7 cm³/mol. The van der Waals surface area contributed by atoms with Crippen LogP contribution < -0.4 is 0 Å². The quantitative estimate of drug-likeness (QED) is 0.622. The van der Waals surface area contributed by atoms with Crippen LogP contribution in [0.15, 0.2) is 53.4 Å². The number of carbonyl (C=O) groups is 2. The van der Waals surface area contributed by atoms with E-state index in [0.717, 1.165) is 16.9 Å². The number of esters is 1. The van der Waals surface area contributed by atoms with Gasteiger partial charge in [-0.1, -0.05) is 24.3 Å². The molecule has 0 saturated heterocycles. The second kappa shape index (κ2) is 7.74. The van der Waals surface area contributed by atoms with Gasteiger partial charge in [0.2, 0.25) is 0 Å². The van der Waals surface area contributed by atoms with Crippen molar-refractivity contribution in [3.05, 3.63) is 65.2 Å². The lowest BCUT2D eigenvalue weighted by atomic mass is 9.99. The second-order valence-corrected chi connectivity index (χ2v) is 6.93. The molecule has 2 aromatic carbocycles. The van der Waals surface area contributed by atoms with Crippen molar-refractivity contribution in [1.82, 2.24) is 4.90 Å². The molecule has 1 heterocycles. The van der Waals surface area contributed by atoms with Gasteiger partial charge in [0.25, 0.3) is 5.91 Å². The average Bonchev–Trinajstić information content (AvgIpc) is 2.67. The maximum absolute atomic E-state index is 12.6. The Labute approximate surface area is 152 Å². The predicted octanol–water partition coefficient (Wildman–Crippen LogP) is 3.54. The molecule has 0 N–H and O–H groups in total. The van der Waals surface area contributed by atoms with E-state index >= 15 is 0 Å². The van der Waals surface area contributed by atoms with Gasteiger partial charge in [-0.2, -0.15) is 0 Å². The number of carbonyl (C=O) groups excluding carboxylic acids is 2. The van der Waals surface area contributed by atoms with Gasteiger partial charge in [0, 0.05) is 18.0 Å². The number of benzene rings is 2. The molecule has 0 aliphatic carbocycles. The number of thioether (sulfide) groups is 1. The van der Waals surface area contributed by atoms with Crippen molar-refractivity contribution in [2.45, 2.75) is 30.9 Å². The highest BCUT2D eigenvalue weighted by molar-refractivity contribution is 7.98. The first kappa shape index (κ1) is 17.5. The Morgan fingerprint density at radius 3 is 2.44 bits per heavy atom. The van der Waals surface area contributed by atoms with E-state index in [2.05, 4.69) is 6.07 Å². The van der Waals surface area contributed by atoms with Crippen LogP contribution >= 0.6 is 11.8 Å². The number of nitrogens with zero attached hydrogens (tertiary/aromatic N) is 1. The highest BCUT2D eigenvalue weighted by atomic mass is 32.2. The fourth-order valence-corrected chi connectivity index (χ4v) is 3.36. The molecular formula is C20H21NO3S. The first-order valence-electron chi connectivity index (χ1n) is 8.29. The van der Waals surface area contributed by atoms with Gasteiger partial charge in [0.05, 0.1) is 5.56 Å². The summed E-state index contributed by atoms with van der Waals surface area (Å²) < 4.78 is 5.38. The molecule has 0 fully saturated rings. The molecule has 1 aliphatic heterocycles. The maximum atomic E-state index is 12.6. The monoisotopic (exact) mass is 355 g/mol. The number of amides is 1. The molecule has 4 nitrogen and oxygen atoms in total. The van der Waals surface area contributed by atoms with Crippen LogP contribution in [0.2, 0.25) is 0 Å². The third kappa shape index (κ3) is 4.04. The number of hydrogen-bond donors (Lipinski definition) is 0. The lowest BCUT2D eigenvalue weighted by Gasteiger charge is -2.30. The summed E-state index contributed by atoms with van der Waals surface area (Å²) in [4.78, 5) is 27.7. The summed E-state index contributed by atoms with van der Waals surface area (Å²) in [5.74, 6) is -0.616.